The molecule has 0 aliphatic rings. The van der Waals surface area contributed by atoms with Crippen LogP contribution in [0.15, 0.2) is 17.1 Å². The summed E-state index contributed by atoms with van der Waals surface area (Å²) >= 11 is 7.35. The molecule has 0 aliphatic carbocycles. The van der Waals surface area contributed by atoms with Gasteiger partial charge in [-0.25, -0.2) is 9.38 Å². The molecule has 2 N–H and O–H groups in total. The average Bonchev–Trinajstić information content (AvgIpc) is 2.24. The maximum absolute atomic E-state index is 13.5. The zero-order valence-electron chi connectivity index (χ0n) is 7.93. The van der Waals surface area contributed by atoms with Crippen LogP contribution in [0.2, 0.25) is 0 Å². The molecule has 0 unspecified atom stereocenters. The van der Waals surface area contributed by atoms with Crippen LogP contribution >= 0.6 is 34.2 Å². The van der Waals surface area contributed by atoms with Crippen LogP contribution in [-0.2, 0) is 0 Å². The van der Waals surface area contributed by atoms with Crippen molar-refractivity contribution in [2.75, 3.05) is 13.0 Å². The summed E-state index contributed by atoms with van der Waals surface area (Å²) in [5.41, 5.74) is 5.80. The van der Waals surface area contributed by atoms with E-state index >= 15 is 0 Å². The topological polar surface area (TPSA) is 47.6 Å². The molecule has 82 valence electrons. The van der Waals surface area contributed by atoms with Gasteiger partial charge in [-0.05, 0) is 34.7 Å². The van der Waals surface area contributed by atoms with Gasteiger partial charge in [-0.1, -0.05) is 0 Å². The summed E-state index contributed by atoms with van der Waals surface area (Å²) in [6.07, 6.45) is 0. The van der Waals surface area contributed by atoms with Gasteiger partial charge in [0.2, 0.25) is 0 Å². The molecule has 0 fully saturated rings. The SMILES string of the molecule is COc1c(N=C(N)CCl)ccc(I)c1F. The molecule has 0 aromatic heterocycles. The first-order valence-corrected chi connectivity index (χ1v) is 5.62. The van der Waals surface area contributed by atoms with E-state index in [0.717, 1.165) is 0 Å². The molecule has 0 saturated carbocycles. The first-order chi connectivity index (χ1) is 7.10. The molecule has 0 saturated heterocycles. The maximum atomic E-state index is 13.5. The van der Waals surface area contributed by atoms with Gasteiger partial charge >= 0.3 is 0 Å². The molecule has 0 aliphatic heterocycles. The van der Waals surface area contributed by atoms with Gasteiger partial charge in [0, 0.05) is 0 Å². The molecule has 0 heterocycles. The first kappa shape index (κ1) is 12.5. The van der Waals surface area contributed by atoms with Crippen molar-refractivity contribution in [1.29, 1.82) is 0 Å². The summed E-state index contributed by atoms with van der Waals surface area (Å²) in [7, 11) is 1.38. The van der Waals surface area contributed by atoms with Gasteiger partial charge in [-0.2, -0.15) is 0 Å². The number of hydrogen-bond donors (Lipinski definition) is 1. The Hall–Kier alpha value is -0.560. The summed E-state index contributed by atoms with van der Waals surface area (Å²) in [5, 5.41) is 0. The van der Waals surface area contributed by atoms with Crippen molar-refractivity contribution in [3.63, 3.8) is 0 Å². The van der Waals surface area contributed by atoms with Gasteiger partial charge in [-0.3, -0.25) is 0 Å². The fraction of sp³-hybridized carbons (Fsp3) is 0.222. The lowest BCUT2D eigenvalue weighted by Crippen LogP contribution is -2.12. The van der Waals surface area contributed by atoms with E-state index in [1.54, 1.807) is 12.1 Å². The quantitative estimate of drug-likeness (QED) is 0.397. The molecule has 1 aromatic rings. The minimum Gasteiger partial charge on any atom is -0.491 e. The summed E-state index contributed by atoms with van der Waals surface area (Å²) in [4.78, 5) is 3.94. The van der Waals surface area contributed by atoms with Gasteiger partial charge in [0.25, 0.3) is 0 Å². The average molecular weight is 343 g/mol. The van der Waals surface area contributed by atoms with Crippen molar-refractivity contribution in [2.45, 2.75) is 0 Å². The van der Waals surface area contributed by atoms with Crippen molar-refractivity contribution >= 4 is 45.7 Å². The zero-order chi connectivity index (χ0) is 11.4. The summed E-state index contributed by atoms with van der Waals surface area (Å²) in [6.45, 7) is 0. The van der Waals surface area contributed by atoms with Crippen molar-refractivity contribution < 1.29 is 9.13 Å². The normalized spacial score (nSPS) is 11.6. The van der Waals surface area contributed by atoms with Crippen molar-refractivity contribution in [1.82, 2.24) is 0 Å². The Balaban J connectivity index is 3.25. The number of amidine groups is 1. The Kier molecular flexibility index (Phi) is 4.59. The molecule has 1 rings (SSSR count). The van der Waals surface area contributed by atoms with Gasteiger partial charge < -0.3 is 10.5 Å². The number of halogens is 3. The monoisotopic (exact) mass is 342 g/mol. The van der Waals surface area contributed by atoms with Gasteiger partial charge in [0.15, 0.2) is 11.6 Å². The largest absolute Gasteiger partial charge is 0.491 e. The van der Waals surface area contributed by atoms with Crippen molar-refractivity contribution in [3.8, 4) is 5.75 Å². The second-order valence-corrected chi connectivity index (χ2v) is 4.08. The highest BCUT2D eigenvalue weighted by Gasteiger charge is 2.12. The third kappa shape index (κ3) is 2.94. The van der Waals surface area contributed by atoms with Crippen LogP contribution in [0.3, 0.4) is 0 Å². The van der Waals surface area contributed by atoms with E-state index in [4.69, 9.17) is 22.1 Å². The van der Waals surface area contributed by atoms with E-state index in [-0.39, 0.29) is 17.5 Å². The summed E-state index contributed by atoms with van der Waals surface area (Å²) in [6, 6.07) is 3.22. The number of rotatable bonds is 3. The van der Waals surface area contributed by atoms with Crippen molar-refractivity contribution in [2.24, 2.45) is 10.7 Å². The molecule has 0 radical (unpaired) electrons. The standard InChI is InChI=1S/C9H9ClFIN2O/c1-15-9-6(14-7(13)4-10)3-2-5(12)8(9)11/h2-3H,4H2,1H3,(H2,13,14). The molecule has 6 heteroatoms. The highest BCUT2D eigenvalue weighted by Crippen LogP contribution is 2.32. The Morgan fingerprint density at radius 1 is 1.67 bits per heavy atom. The molecule has 0 amide bonds. The number of methoxy groups -OCH3 is 1. The Bertz CT molecular complexity index is 398. The molecule has 0 spiro atoms. The van der Waals surface area contributed by atoms with Crippen LogP contribution in [0, 0.1) is 9.39 Å². The number of hydrogen-bond acceptors (Lipinski definition) is 2. The fourth-order valence-corrected chi connectivity index (χ4v) is 1.47. The second-order valence-electron chi connectivity index (χ2n) is 2.65. The lowest BCUT2D eigenvalue weighted by Gasteiger charge is -2.07. The van der Waals surface area contributed by atoms with Crippen LogP contribution in [0.5, 0.6) is 5.75 Å². The predicted octanol–water partition coefficient (Wildman–Crippen LogP) is 2.67. The van der Waals surface area contributed by atoms with Crippen molar-refractivity contribution in [3.05, 3.63) is 21.5 Å². The third-order valence-electron chi connectivity index (χ3n) is 1.63. The second kappa shape index (κ2) is 5.50. The number of nitrogens with zero attached hydrogens (tertiary/aromatic N) is 1. The lowest BCUT2D eigenvalue weighted by atomic mass is 10.3. The fourth-order valence-electron chi connectivity index (χ4n) is 0.989. The maximum Gasteiger partial charge on any atom is 0.181 e. The highest BCUT2D eigenvalue weighted by molar-refractivity contribution is 14.1. The van der Waals surface area contributed by atoms with E-state index in [9.17, 15) is 4.39 Å². The molecule has 0 atom stereocenters. The zero-order valence-corrected chi connectivity index (χ0v) is 10.8. The summed E-state index contributed by atoms with van der Waals surface area (Å²) < 4.78 is 18.9. The van der Waals surface area contributed by atoms with E-state index in [1.807, 2.05) is 22.6 Å². The molecular formula is C9H9ClFIN2O. The van der Waals surface area contributed by atoms with Crippen LogP contribution in [0.25, 0.3) is 0 Å². The summed E-state index contributed by atoms with van der Waals surface area (Å²) in [5.74, 6) is -0.0520. The van der Waals surface area contributed by atoms with E-state index in [0.29, 0.717) is 9.26 Å². The van der Waals surface area contributed by atoms with E-state index < -0.39 is 5.82 Å². The van der Waals surface area contributed by atoms with Crippen LogP contribution in [0.4, 0.5) is 10.1 Å². The molecule has 3 nitrogen and oxygen atoms in total. The van der Waals surface area contributed by atoms with Crippen LogP contribution < -0.4 is 10.5 Å². The van der Waals surface area contributed by atoms with Crippen LogP contribution in [-0.4, -0.2) is 18.8 Å². The first-order valence-electron chi connectivity index (χ1n) is 4.01. The minimum atomic E-state index is -0.443. The van der Waals surface area contributed by atoms with Gasteiger partial charge in [-0.15, -0.1) is 11.6 Å². The molecule has 1 aromatic carbocycles. The van der Waals surface area contributed by atoms with Gasteiger partial charge in [0.05, 0.1) is 16.6 Å². The molecule has 0 bridgehead atoms. The number of alkyl halides is 1. The molecular weight excluding hydrogens is 333 g/mol. The van der Waals surface area contributed by atoms with Gasteiger partial charge in [0.1, 0.15) is 11.5 Å². The number of benzene rings is 1. The number of ether oxygens (including phenoxy) is 1. The third-order valence-corrected chi connectivity index (χ3v) is 2.74. The van der Waals surface area contributed by atoms with E-state index in [1.165, 1.54) is 7.11 Å². The number of aliphatic imine (C=N–C) groups is 1. The minimum absolute atomic E-state index is 0.0787. The lowest BCUT2D eigenvalue weighted by molar-refractivity contribution is 0.386. The number of nitrogens with two attached hydrogens (primary N) is 1. The Morgan fingerprint density at radius 2 is 2.33 bits per heavy atom. The Morgan fingerprint density at radius 3 is 2.87 bits per heavy atom. The molecule has 15 heavy (non-hydrogen) atoms. The Labute approximate surface area is 106 Å². The highest BCUT2D eigenvalue weighted by atomic mass is 127. The van der Waals surface area contributed by atoms with E-state index in [2.05, 4.69) is 4.99 Å². The smallest absolute Gasteiger partial charge is 0.181 e. The van der Waals surface area contributed by atoms with Crippen LogP contribution in [0.1, 0.15) is 0 Å². The predicted molar refractivity (Wildman–Crippen MR) is 67.7 cm³/mol.